The molecule has 1 aliphatic rings. The third kappa shape index (κ3) is 4.10. The van der Waals surface area contributed by atoms with E-state index in [9.17, 15) is 0 Å². The van der Waals surface area contributed by atoms with Crippen LogP contribution in [-0.2, 0) is 11.3 Å². The first-order valence-corrected chi connectivity index (χ1v) is 6.93. The van der Waals surface area contributed by atoms with Crippen LogP contribution >= 0.6 is 11.6 Å². The molecule has 0 radical (unpaired) electrons. The molecule has 0 saturated heterocycles. The average molecular weight is 271 g/mol. The standard InChI is InChI=1S/C13H19ClN2O2/c1-2-17-9-12-15-11(14)8-13(16-12)18-10-6-4-3-5-7-10/h8,10H,2-7,9H2,1H3. The van der Waals surface area contributed by atoms with Gasteiger partial charge in [0.1, 0.15) is 17.9 Å². The monoisotopic (exact) mass is 270 g/mol. The number of aromatic nitrogens is 2. The Balaban J connectivity index is 1.99. The Morgan fingerprint density at radius 1 is 1.28 bits per heavy atom. The molecule has 1 aliphatic carbocycles. The van der Waals surface area contributed by atoms with Gasteiger partial charge in [-0.1, -0.05) is 18.0 Å². The summed E-state index contributed by atoms with van der Waals surface area (Å²) in [6.45, 7) is 2.94. The lowest BCUT2D eigenvalue weighted by atomic mass is 9.98. The Morgan fingerprint density at radius 3 is 2.78 bits per heavy atom. The highest BCUT2D eigenvalue weighted by molar-refractivity contribution is 6.29. The van der Waals surface area contributed by atoms with E-state index in [0.29, 0.717) is 30.1 Å². The van der Waals surface area contributed by atoms with Crippen LogP contribution in [0.15, 0.2) is 6.07 Å². The van der Waals surface area contributed by atoms with Crippen LogP contribution in [-0.4, -0.2) is 22.7 Å². The van der Waals surface area contributed by atoms with Gasteiger partial charge in [-0.15, -0.1) is 0 Å². The van der Waals surface area contributed by atoms with Gasteiger partial charge >= 0.3 is 0 Å². The molecule has 1 heterocycles. The van der Waals surface area contributed by atoms with Crippen molar-refractivity contribution in [3.63, 3.8) is 0 Å². The van der Waals surface area contributed by atoms with Crippen molar-refractivity contribution in [2.75, 3.05) is 6.61 Å². The maximum atomic E-state index is 5.96. The van der Waals surface area contributed by atoms with Crippen LogP contribution in [0, 0.1) is 0 Å². The maximum absolute atomic E-state index is 5.96. The zero-order chi connectivity index (χ0) is 12.8. The van der Waals surface area contributed by atoms with E-state index in [1.807, 2.05) is 6.92 Å². The molecule has 0 spiro atoms. The van der Waals surface area contributed by atoms with Gasteiger partial charge in [0.05, 0.1) is 0 Å². The van der Waals surface area contributed by atoms with E-state index in [4.69, 9.17) is 21.1 Å². The fraction of sp³-hybridized carbons (Fsp3) is 0.692. The summed E-state index contributed by atoms with van der Waals surface area (Å²) in [5.74, 6) is 1.15. The fourth-order valence-corrected chi connectivity index (χ4v) is 2.30. The van der Waals surface area contributed by atoms with Crippen molar-refractivity contribution in [3.8, 4) is 5.88 Å². The van der Waals surface area contributed by atoms with Gasteiger partial charge in [-0.2, -0.15) is 4.98 Å². The second-order valence-corrected chi connectivity index (χ2v) is 4.85. The molecule has 5 heteroatoms. The Labute approximate surface area is 113 Å². The molecule has 0 atom stereocenters. The highest BCUT2D eigenvalue weighted by Crippen LogP contribution is 2.23. The first-order chi connectivity index (χ1) is 8.78. The molecule has 1 aromatic rings. The third-order valence-corrected chi connectivity index (χ3v) is 3.19. The first kappa shape index (κ1) is 13.6. The van der Waals surface area contributed by atoms with Gasteiger partial charge in [0.25, 0.3) is 0 Å². The van der Waals surface area contributed by atoms with Crippen LogP contribution in [0.1, 0.15) is 44.9 Å². The van der Waals surface area contributed by atoms with Gasteiger partial charge in [-0.3, -0.25) is 0 Å². The van der Waals surface area contributed by atoms with E-state index < -0.39 is 0 Å². The summed E-state index contributed by atoms with van der Waals surface area (Å²) in [6.07, 6.45) is 6.24. The highest BCUT2D eigenvalue weighted by atomic mass is 35.5. The van der Waals surface area contributed by atoms with Crippen molar-refractivity contribution in [3.05, 3.63) is 17.0 Å². The molecule has 0 N–H and O–H groups in total. The fourth-order valence-electron chi connectivity index (χ4n) is 2.11. The van der Waals surface area contributed by atoms with E-state index in [1.165, 1.54) is 19.3 Å². The molecular weight excluding hydrogens is 252 g/mol. The van der Waals surface area contributed by atoms with Crippen LogP contribution < -0.4 is 4.74 Å². The molecule has 0 aromatic carbocycles. The Kier molecular flexibility index (Phi) is 5.20. The van der Waals surface area contributed by atoms with Crippen molar-refractivity contribution in [2.24, 2.45) is 0 Å². The van der Waals surface area contributed by atoms with Gasteiger partial charge in [0, 0.05) is 12.7 Å². The van der Waals surface area contributed by atoms with Crippen molar-refractivity contribution in [1.29, 1.82) is 0 Å². The summed E-state index contributed by atoms with van der Waals surface area (Å²) in [6, 6.07) is 1.67. The van der Waals surface area contributed by atoms with Gasteiger partial charge < -0.3 is 9.47 Å². The molecule has 100 valence electrons. The van der Waals surface area contributed by atoms with E-state index in [-0.39, 0.29) is 6.10 Å². The summed E-state index contributed by atoms with van der Waals surface area (Å²) in [7, 11) is 0. The number of halogens is 1. The lowest BCUT2D eigenvalue weighted by Gasteiger charge is -2.22. The smallest absolute Gasteiger partial charge is 0.218 e. The van der Waals surface area contributed by atoms with E-state index in [0.717, 1.165) is 12.8 Å². The lowest BCUT2D eigenvalue weighted by molar-refractivity contribution is 0.123. The topological polar surface area (TPSA) is 44.2 Å². The molecule has 1 aromatic heterocycles. The molecule has 1 fully saturated rings. The van der Waals surface area contributed by atoms with E-state index >= 15 is 0 Å². The summed E-state index contributed by atoms with van der Waals surface area (Å²) in [5.41, 5.74) is 0. The minimum atomic E-state index is 0.268. The van der Waals surface area contributed by atoms with Gasteiger partial charge in [-0.25, -0.2) is 4.98 Å². The van der Waals surface area contributed by atoms with Crippen LogP contribution in [0.3, 0.4) is 0 Å². The highest BCUT2D eigenvalue weighted by Gasteiger charge is 2.16. The van der Waals surface area contributed by atoms with Gasteiger partial charge in [0.2, 0.25) is 5.88 Å². The Hall–Kier alpha value is -0.870. The summed E-state index contributed by atoms with van der Waals surface area (Å²) >= 11 is 5.96. The largest absolute Gasteiger partial charge is 0.474 e. The minimum absolute atomic E-state index is 0.268. The van der Waals surface area contributed by atoms with Crippen molar-refractivity contribution >= 4 is 11.6 Å². The van der Waals surface area contributed by atoms with Crippen LogP contribution in [0.5, 0.6) is 5.88 Å². The predicted octanol–water partition coefficient (Wildman–Crippen LogP) is 3.38. The zero-order valence-electron chi connectivity index (χ0n) is 10.7. The second-order valence-electron chi connectivity index (χ2n) is 4.46. The molecule has 0 amide bonds. The molecule has 1 saturated carbocycles. The third-order valence-electron chi connectivity index (χ3n) is 2.99. The summed E-state index contributed by atoms with van der Waals surface area (Å²) < 4.78 is 11.1. The van der Waals surface area contributed by atoms with Crippen LogP contribution in [0.2, 0.25) is 5.15 Å². The van der Waals surface area contributed by atoms with Crippen molar-refractivity contribution in [1.82, 2.24) is 9.97 Å². The molecular formula is C13H19ClN2O2. The number of hydrogen-bond donors (Lipinski definition) is 0. The Morgan fingerprint density at radius 2 is 2.06 bits per heavy atom. The molecule has 18 heavy (non-hydrogen) atoms. The van der Waals surface area contributed by atoms with Crippen molar-refractivity contribution in [2.45, 2.75) is 51.7 Å². The molecule has 0 aliphatic heterocycles. The predicted molar refractivity (Wildman–Crippen MR) is 69.9 cm³/mol. The number of ether oxygens (including phenoxy) is 2. The lowest BCUT2D eigenvalue weighted by Crippen LogP contribution is -2.20. The zero-order valence-corrected chi connectivity index (χ0v) is 11.4. The quantitative estimate of drug-likeness (QED) is 0.770. The van der Waals surface area contributed by atoms with Crippen LogP contribution in [0.25, 0.3) is 0 Å². The number of rotatable bonds is 5. The SMILES string of the molecule is CCOCc1nc(Cl)cc(OC2CCCCC2)n1. The normalized spacial score (nSPS) is 16.8. The number of hydrogen-bond acceptors (Lipinski definition) is 4. The van der Waals surface area contributed by atoms with Crippen LogP contribution in [0.4, 0.5) is 0 Å². The summed E-state index contributed by atoms with van der Waals surface area (Å²) in [5, 5.41) is 0.408. The Bertz CT molecular complexity index is 381. The number of nitrogens with zero attached hydrogens (tertiary/aromatic N) is 2. The first-order valence-electron chi connectivity index (χ1n) is 6.56. The van der Waals surface area contributed by atoms with E-state index in [1.54, 1.807) is 6.07 Å². The van der Waals surface area contributed by atoms with Crippen molar-refractivity contribution < 1.29 is 9.47 Å². The van der Waals surface area contributed by atoms with Gasteiger partial charge in [0.15, 0.2) is 5.82 Å². The maximum Gasteiger partial charge on any atom is 0.218 e. The molecule has 0 unspecified atom stereocenters. The minimum Gasteiger partial charge on any atom is -0.474 e. The van der Waals surface area contributed by atoms with E-state index in [2.05, 4.69) is 9.97 Å². The molecule has 4 nitrogen and oxygen atoms in total. The second kappa shape index (κ2) is 6.90. The molecule has 0 bridgehead atoms. The van der Waals surface area contributed by atoms with Gasteiger partial charge in [-0.05, 0) is 32.6 Å². The molecule has 2 rings (SSSR count). The average Bonchev–Trinajstić information content (AvgIpc) is 2.37. The summed E-state index contributed by atoms with van der Waals surface area (Å²) in [4.78, 5) is 8.44.